The standard InChI is InChI=1S/C11H10ClFO3/c1-7(5-10(14)15)6-16-11-8(12)3-2-4-9(11)13/h2-5H,6H2,1H3,(H,14,15)/b7-5-. The highest BCUT2D eigenvalue weighted by Crippen LogP contribution is 2.27. The Balaban J connectivity index is 2.72. The van der Waals surface area contributed by atoms with Crippen molar-refractivity contribution in [2.45, 2.75) is 6.92 Å². The number of para-hydroxylation sites is 1. The first-order chi connectivity index (χ1) is 7.50. The average molecular weight is 245 g/mol. The van der Waals surface area contributed by atoms with Crippen LogP contribution in [0.15, 0.2) is 29.8 Å². The summed E-state index contributed by atoms with van der Waals surface area (Å²) in [6.07, 6.45) is 0.995. The van der Waals surface area contributed by atoms with Gasteiger partial charge in [0, 0.05) is 6.08 Å². The number of rotatable bonds is 4. The molecule has 0 saturated carbocycles. The molecule has 0 amide bonds. The van der Waals surface area contributed by atoms with E-state index in [0.717, 1.165) is 6.08 Å². The van der Waals surface area contributed by atoms with E-state index in [0.29, 0.717) is 5.57 Å². The number of halogens is 2. The summed E-state index contributed by atoms with van der Waals surface area (Å²) < 4.78 is 18.3. The number of aliphatic carboxylic acids is 1. The third kappa shape index (κ3) is 3.55. The second kappa shape index (κ2) is 5.51. The van der Waals surface area contributed by atoms with E-state index in [1.54, 1.807) is 6.92 Å². The molecule has 0 spiro atoms. The van der Waals surface area contributed by atoms with E-state index in [1.807, 2.05) is 0 Å². The van der Waals surface area contributed by atoms with Crippen LogP contribution in [0.4, 0.5) is 4.39 Å². The third-order valence-corrected chi connectivity index (χ3v) is 2.03. The fourth-order valence-corrected chi connectivity index (χ4v) is 1.28. The minimum Gasteiger partial charge on any atom is -0.485 e. The number of hydrogen-bond donors (Lipinski definition) is 1. The van der Waals surface area contributed by atoms with Gasteiger partial charge >= 0.3 is 5.97 Å². The first-order valence-corrected chi connectivity index (χ1v) is 4.85. The molecule has 1 aromatic carbocycles. The van der Waals surface area contributed by atoms with Crippen molar-refractivity contribution in [1.29, 1.82) is 0 Å². The third-order valence-electron chi connectivity index (χ3n) is 1.73. The number of ether oxygens (including phenoxy) is 1. The van der Waals surface area contributed by atoms with Crippen molar-refractivity contribution in [2.24, 2.45) is 0 Å². The Morgan fingerprint density at radius 3 is 2.88 bits per heavy atom. The van der Waals surface area contributed by atoms with Crippen LogP contribution in [0.3, 0.4) is 0 Å². The van der Waals surface area contributed by atoms with Crippen LogP contribution < -0.4 is 4.74 Å². The molecule has 16 heavy (non-hydrogen) atoms. The second-order valence-corrected chi connectivity index (χ2v) is 3.58. The lowest BCUT2D eigenvalue weighted by Gasteiger charge is -2.08. The number of hydrogen-bond acceptors (Lipinski definition) is 2. The molecule has 1 aromatic rings. The van der Waals surface area contributed by atoms with E-state index >= 15 is 0 Å². The molecule has 0 radical (unpaired) electrons. The molecule has 0 fully saturated rings. The first-order valence-electron chi connectivity index (χ1n) is 4.47. The molecule has 0 aliphatic rings. The molecule has 3 nitrogen and oxygen atoms in total. The number of carbonyl (C=O) groups is 1. The van der Waals surface area contributed by atoms with E-state index in [4.69, 9.17) is 21.4 Å². The predicted molar refractivity (Wildman–Crippen MR) is 58.3 cm³/mol. The lowest BCUT2D eigenvalue weighted by Crippen LogP contribution is -2.03. The zero-order valence-electron chi connectivity index (χ0n) is 8.54. The van der Waals surface area contributed by atoms with Gasteiger partial charge in [0.1, 0.15) is 6.61 Å². The molecule has 0 aliphatic heterocycles. The van der Waals surface area contributed by atoms with Crippen molar-refractivity contribution in [1.82, 2.24) is 0 Å². The highest BCUT2D eigenvalue weighted by Gasteiger charge is 2.08. The van der Waals surface area contributed by atoms with Gasteiger partial charge in [-0.05, 0) is 24.6 Å². The van der Waals surface area contributed by atoms with Crippen LogP contribution in [0.5, 0.6) is 5.75 Å². The predicted octanol–water partition coefficient (Wildman–Crippen LogP) is 2.89. The number of benzene rings is 1. The van der Waals surface area contributed by atoms with E-state index in [-0.39, 0.29) is 17.4 Å². The quantitative estimate of drug-likeness (QED) is 0.829. The molecule has 0 saturated heterocycles. The van der Waals surface area contributed by atoms with Gasteiger partial charge in [-0.3, -0.25) is 0 Å². The first kappa shape index (κ1) is 12.5. The summed E-state index contributed by atoms with van der Waals surface area (Å²) in [7, 11) is 0. The van der Waals surface area contributed by atoms with Crippen LogP contribution in [0.2, 0.25) is 5.02 Å². The molecule has 1 N–H and O–H groups in total. The van der Waals surface area contributed by atoms with Crippen molar-refractivity contribution >= 4 is 17.6 Å². The van der Waals surface area contributed by atoms with Gasteiger partial charge in [-0.1, -0.05) is 17.7 Å². The van der Waals surface area contributed by atoms with Gasteiger partial charge in [0.05, 0.1) is 5.02 Å². The molecule has 86 valence electrons. The molecular formula is C11H10ClFO3. The molecule has 5 heteroatoms. The SMILES string of the molecule is C/C(=C/C(=O)O)COc1c(F)cccc1Cl. The normalized spacial score (nSPS) is 11.3. The minimum atomic E-state index is -1.07. The Hall–Kier alpha value is -1.55. The van der Waals surface area contributed by atoms with Crippen molar-refractivity contribution in [3.8, 4) is 5.75 Å². The Labute approximate surface area is 97.1 Å². The molecule has 0 aromatic heterocycles. The molecular weight excluding hydrogens is 235 g/mol. The minimum absolute atomic E-state index is 0.0209. The summed E-state index contributed by atoms with van der Waals surface area (Å²) in [5, 5.41) is 8.61. The fourth-order valence-electron chi connectivity index (χ4n) is 1.06. The van der Waals surface area contributed by atoms with Crippen LogP contribution >= 0.6 is 11.6 Å². The lowest BCUT2D eigenvalue weighted by molar-refractivity contribution is -0.131. The molecule has 0 aliphatic carbocycles. The Bertz CT molecular complexity index is 409. The van der Waals surface area contributed by atoms with E-state index in [9.17, 15) is 9.18 Å². The Morgan fingerprint density at radius 1 is 1.62 bits per heavy atom. The molecule has 1 rings (SSSR count). The largest absolute Gasteiger partial charge is 0.485 e. The van der Waals surface area contributed by atoms with Crippen molar-refractivity contribution < 1.29 is 19.0 Å². The van der Waals surface area contributed by atoms with Crippen molar-refractivity contribution in [3.05, 3.63) is 40.7 Å². The highest BCUT2D eigenvalue weighted by atomic mass is 35.5. The maximum Gasteiger partial charge on any atom is 0.328 e. The van der Waals surface area contributed by atoms with Crippen LogP contribution in [0, 0.1) is 5.82 Å². The van der Waals surface area contributed by atoms with Gasteiger partial charge in [0.25, 0.3) is 0 Å². The Kier molecular flexibility index (Phi) is 4.31. The van der Waals surface area contributed by atoms with Gasteiger partial charge < -0.3 is 9.84 Å². The van der Waals surface area contributed by atoms with E-state index < -0.39 is 11.8 Å². The van der Waals surface area contributed by atoms with Gasteiger partial charge in [0.15, 0.2) is 11.6 Å². The number of carboxylic acid groups (broad SMARTS) is 1. The topological polar surface area (TPSA) is 46.5 Å². The van der Waals surface area contributed by atoms with Gasteiger partial charge in [-0.2, -0.15) is 0 Å². The van der Waals surface area contributed by atoms with E-state index in [1.165, 1.54) is 18.2 Å². The summed E-state index contributed by atoms with van der Waals surface area (Å²) in [4.78, 5) is 10.3. The van der Waals surface area contributed by atoms with Crippen LogP contribution in [-0.4, -0.2) is 17.7 Å². The second-order valence-electron chi connectivity index (χ2n) is 3.17. The summed E-state index contributed by atoms with van der Waals surface area (Å²) in [5.41, 5.74) is 0.465. The molecule has 0 bridgehead atoms. The summed E-state index contributed by atoms with van der Waals surface area (Å²) in [6.45, 7) is 1.55. The average Bonchev–Trinajstić information content (AvgIpc) is 2.15. The fraction of sp³-hybridized carbons (Fsp3) is 0.182. The smallest absolute Gasteiger partial charge is 0.328 e. The van der Waals surface area contributed by atoms with Crippen LogP contribution in [-0.2, 0) is 4.79 Å². The zero-order chi connectivity index (χ0) is 12.1. The maximum atomic E-state index is 13.2. The Morgan fingerprint density at radius 2 is 2.31 bits per heavy atom. The van der Waals surface area contributed by atoms with Gasteiger partial charge in [-0.25, -0.2) is 9.18 Å². The monoisotopic (exact) mass is 244 g/mol. The summed E-state index contributed by atoms with van der Waals surface area (Å²) in [5.74, 6) is -1.71. The molecule has 0 heterocycles. The van der Waals surface area contributed by atoms with Gasteiger partial charge in [0.2, 0.25) is 0 Å². The highest BCUT2D eigenvalue weighted by molar-refractivity contribution is 6.32. The number of carboxylic acids is 1. The van der Waals surface area contributed by atoms with Crippen molar-refractivity contribution in [2.75, 3.05) is 6.61 Å². The van der Waals surface area contributed by atoms with Crippen LogP contribution in [0.1, 0.15) is 6.92 Å². The zero-order valence-corrected chi connectivity index (χ0v) is 9.29. The lowest BCUT2D eigenvalue weighted by atomic mass is 10.3. The van der Waals surface area contributed by atoms with Crippen molar-refractivity contribution in [3.63, 3.8) is 0 Å². The van der Waals surface area contributed by atoms with Crippen LogP contribution in [0.25, 0.3) is 0 Å². The maximum absolute atomic E-state index is 13.2. The van der Waals surface area contributed by atoms with E-state index in [2.05, 4.69) is 0 Å². The summed E-state index contributed by atoms with van der Waals surface area (Å²) in [6, 6.07) is 4.18. The molecule has 0 unspecified atom stereocenters. The molecule has 0 atom stereocenters. The van der Waals surface area contributed by atoms with Gasteiger partial charge in [-0.15, -0.1) is 0 Å². The summed E-state index contributed by atoms with van der Waals surface area (Å²) >= 11 is 5.72.